The van der Waals surface area contributed by atoms with Crippen molar-refractivity contribution < 1.29 is 62.9 Å². The third kappa shape index (κ3) is 4.47. The molecular weight excluding hydrogens is 401 g/mol. The van der Waals surface area contributed by atoms with Gasteiger partial charge in [-0.3, -0.25) is 4.79 Å². The summed E-state index contributed by atoms with van der Waals surface area (Å²) in [4.78, 5) is 11.0. The molecule has 0 aromatic heterocycles. The minimum atomic E-state index is -7.62. The monoisotopic (exact) mass is 415 g/mol. The Bertz CT molecular complexity index is 511. The lowest BCUT2D eigenvalue weighted by atomic mass is 9.97. The average molecular weight is 415 g/mol. The number of quaternary nitrogens is 1. The third-order valence-corrected chi connectivity index (χ3v) is 2.99. The predicted molar refractivity (Wildman–Crippen MR) is 62.2 cm³/mol. The fraction of sp³-hybridized carbons (Fsp3) is 0.909. The number of hydroxylamine groups is 3. The number of amides is 1. The number of nitrogens with zero attached hydrogens (tertiary/aromatic N) is 1. The van der Waals surface area contributed by atoms with Crippen LogP contribution in [-0.2, 0) is 4.79 Å². The molecule has 4 nitrogen and oxygen atoms in total. The third-order valence-electron chi connectivity index (χ3n) is 2.99. The van der Waals surface area contributed by atoms with E-state index in [0.717, 1.165) is 5.32 Å². The summed E-state index contributed by atoms with van der Waals surface area (Å²) in [5, 5.41) is 10.2. The van der Waals surface area contributed by atoms with Gasteiger partial charge in [-0.05, 0) is 0 Å². The number of hydrogen-bond donors (Lipinski definition) is 2. The number of hydrogen-bond acceptors (Lipinski definition) is 2. The van der Waals surface area contributed by atoms with Gasteiger partial charge in [0.15, 0.2) is 0 Å². The van der Waals surface area contributed by atoms with E-state index in [0.29, 0.717) is 0 Å². The second-order valence-electron chi connectivity index (χ2n) is 5.75. The summed E-state index contributed by atoms with van der Waals surface area (Å²) < 4.78 is 139. The molecule has 0 atom stereocenters. The number of alkyl halides is 11. The van der Waals surface area contributed by atoms with Crippen molar-refractivity contribution in [1.29, 1.82) is 0 Å². The van der Waals surface area contributed by atoms with E-state index in [2.05, 4.69) is 0 Å². The van der Waals surface area contributed by atoms with Crippen molar-refractivity contribution in [3.8, 4) is 0 Å². The van der Waals surface area contributed by atoms with Crippen molar-refractivity contribution in [1.82, 2.24) is 5.32 Å². The maximum absolute atomic E-state index is 13.3. The van der Waals surface area contributed by atoms with E-state index >= 15 is 0 Å². The number of halogens is 11. The Morgan fingerprint density at radius 2 is 1.27 bits per heavy atom. The zero-order valence-corrected chi connectivity index (χ0v) is 13.1. The largest absolute Gasteiger partial charge is 0.460 e. The van der Waals surface area contributed by atoms with Crippen LogP contribution in [0.5, 0.6) is 0 Å². The molecule has 0 radical (unpaired) electrons. The van der Waals surface area contributed by atoms with E-state index < -0.39 is 47.0 Å². The summed E-state index contributed by atoms with van der Waals surface area (Å²) in [6.07, 6.45) is -7.62. The quantitative estimate of drug-likeness (QED) is 0.277. The smallest absolute Gasteiger partial charge is 0.350 e. The molecule has 0 unspecified atom stereocenters. The van der Waals surface area contributed by atoms with Crippen LogP contribution in [0.2, 0.25) is 0 Å². The lowest BCUT2D eigenvalue weighted by Gasteiger charge is -2.36. The van der Waals surface area contributed by atoms with Gasteiger partial charge in [-0.1, -0.05) is 0 Å². The van der Waals surface area contributed by atoms with Crippen LogP contribution in [0.3, 0.4) is 0 Å². The lowest BCUT2D eigenvalue weighted by molar-refractivity contribution is -1.07. The highest BCUT2D eigenvalue weighted by Crippen LogP contribution is 2.57. The van der Waals surface area contributed by atoms with Crippen molar-refractivity contribution >= 4 is 5.91 Å². The summed E-state index contributed by atoms with van der Waals surface area (Å²) in [7, 11) is 2.37. The molecule has 26 heavy (non-hydrogen) atoms. The van der Waals surface area contributed by atoms with Gasteiger partial charge in [-0.25, -0.2) is 5.21 Å². The molecule has 0 aromatic carbocycles. The Hall–Kier alpha value is -1.38. The Morgan fingerprint density at radius 3 is 1.62 bits per heavy atom. The van der Waals surface area contributed by atoms with Gasteiger partial charge in [0, 0.05) is 13.0 Å². The van der Waals surface area contributed by atoms with Gasteiger partial charge in [0.25, 0.3) is 5.91 Å². The predicted octanol–water partition coefficient (Wildman–Crippen LogP) is 3.06. The minimum Gasteiger partial charge on any atom is -0.350 e. The summed E-state index contributed by atoms with van der Waals surface area (Å²) in [5.41, 5.74) is 0. The number of rotatable bonds is 8. The number of nitrogens with one attached hydrogen (secondary N) is 1. The number of carbonyl (C=O) groups excluding carboxylic acids is 1. The first-order valence-corrected chi connectivity index (χ1v) is 6.55. The molecule has 0 rings (SSSR count). The highest BCUT2D eigenvalue weighted by atomic mass is 19.4. The molecule has 0 bridgehead atoms. The summed E-state index contributed by atoms with van der Waals surface area (Å²) in [5.74, 6) is -32.3. The fourth-order valence-corrected chi connectivity index (χ4v) is 1.49. The first-order chi connectivity index (χ1) is 11.1. The lowest BCUT2D eigenvalue weighted by Crippen LogP contribution is -2.69. The molecular formula is C11H14F11N2O2+. The molecule has 0 spiro atoms. The van der Waals surface area contributed by atoms with Gasteiger partial charge >= 0.3 is 29.9 Å². The zero-order valence-electron chi connectivity index (χ0n) is 13.1. The van der Waals surface area contributed by atoms with E-state index in [4.69, 9.17) is 0 Å². The summed E-state index contributed by atoms with van der Waals surface area (Å²) in [6.45, 7) is -1.11. The molecule has 0 saturated heterocycles. The van der Waals surface area contributed by atoms with E-state index in [1.807, 2.05) is 0 Å². The molecule has 15 heteroatoms. The molecule has 156 valence electrons. The zero-order chi connectivity index (χ0) is 21.4. The van der Waals surface area contributed by atoms with Crippen LogP contribution in [0.1, 0.15) is 6.42 Å². The minimum absolute atomic E-state index is 0.232. The van der Waals surface area contributed by atoms with Gasteiger partial charge in [0.1, 0.15) is 6.54 Å². The highest BCUT2D eigenvalue weighted by Gasteiger charge is 2.88. The Labute approximate surface area is 139 Å². The van der Waals surface area contributed by atoms with Crippen molar-refractivity contribution in [2.24, 2.45) is 0 Å². The van der Waals surface area contributed by atoms with Crippen LogP contribution in [-0.4, -0.2) is 72.8 Å². The molecule has 1 amide bonds. The molecule has 0 aliphatic heterocycles. The Balaban J connectivity index is 5.44. The first-order valence-electron chi connectivity index (χ1n) is 6.55. The SMILES string of the molecule is C[N+](C)(O)CCCNC(=O)C(F)(F)C(F)(F)C(F)(F)C(F)(F)C(F)(F)F. The van der Waals surface area contributed by atoms with E-state index in [9.17, 15) is 58.3 Å². The fourth-order valence-electron chi connectivity index (χ4n) is 1.49. The van der Waals surface area contributed by atoms with Gasteiger partial charge in [0.2, 0.25) is 0 Å². The first kappa shape index (κ1) is 24.6. The van der Waals surface area contributed by atoms with Gasteiger partial charge < -0.3 is 5.32 Å². The van der Waals surface area contributed by atoms with E-state index in [-0.39, 0.29) is 13.0 Å². The van der Waals surface area contributed by atoms with E-state index in [1.165, 1.54) is 14.1 Å². The average Bonchev–Trinajstić information content (AvgIpc) is 2.40. The van der Waals surface area contributed by atoms with Gasteiger partial charge in [-0.15, -0.1) is 0 Å². The van der Waals surface area contributed by atoms with E-state index in [1.54, 1.807) is 0 Å². The van der Waals surface area contributed by atoms with Crippen molar-refractivity contribution in [2.75, 3.05) is 27.2 Å². The standard InChI is InChI=1S/C11H13F11N2O2/c1-24(2,26)5-3-4-23-6(25)7(12,13)8(14,15)9(16,17)10(18,19)11(20,21)22/h26H,3-5H2,1-2H3/p+1. The molecule has 0 aliphatic rings. The van der Waals surface area contributed by atoms with Crippen molar-refractivity contribution in [3.63, 3.8) is 0 Å². The van der Waals surface area contributed by atoms with Crippen molar-refractivity contribution in [3.05, 3.63) is 0 Å². The maximum atomic E-state index is 13.3. The molecule has 0 fully saturated rings. The highest BCUT2D eigenvalue weighted by molar-refractivity contribution is 5.84. The van der Waals surface area contributed by atoms with Gasteiger partial charge in [0.05, 0.1) is 14.1 Å². The van der Waals surface area contributed by atoms with Crippen LogP contribution >= 0.6 is 0 Å². The van der Waals surface area contributed by atoms with Gasteiger partial charge in [-0.2, -0.15) is 52.9 Å². The Kier molecular flexibility index (Phi) is 6.61. The van der Waals surface area contributed by atoms with Crippen LogP contribution in [0.4, 0.5) is 48.3 Å². The molecule has 0 aliphatic carbocycles. The maximum Gasteiger partial charge on any atom is 0.460 e. The van der Waals surface area contributed by atoms with Crippen LogP contribution < -0.4 is 5.32 Å². The Morgan fingerprint density at radius 1 is 0.846 bits per heavy atom. The normalized spacial score (nSPS) is 15.2. The van der Waals surface area contributed by atoms with Crippen LogP contribution in [0, 0.1) is 0 Å². The summed E-state index contributed by atoms with van der Waals surface area (Å²) >= 11 is 0. The second-order valence-corrected chi connectivity index (χ2v) is 5.75. The van der Waals surface area contributed by atoms with Crippen LogP contribution in [0.25, 0.3) is 0 Å². The van der Waals surface area contributed by atoms with Crippen molar-refractivity contribution in [2.45, 2.75) is 36.3 Å². The molecule has 0 saturated carbocycles. The second kappa shape index (κ2) is 6.98. The number of carbonyl (C=O) groups is 1. The molecule has 2 N–H and O–H groups in total. The summed E-state index contributed by atoms with van der Waals surface area (Å²) in [6, 6.07) is 0. The van der Waals surface area contributed by atoms with Crippen LogP contribution in [0.15, 0.2) is 0 Å². The molecule has 0 heterocycles. The molecule has 0 aromatic rings. The topological polar surface area (TPSA) is 49.3 Å².